The summed E-state index contributed by atoms with van der Waals surface area (Å²) >= 11 is 0. The SMILES string of the molecule is C=Cc1ccc(OCc2ccccc2)c(C)c1. The molecule has 17 heavy (non-hydrogen) atoms. The van der Waals surface area contributed by atoms with E-state index in [0.717, 1.165) is 16.9 Å². The van der Waals surface area contributed by atoms with Gasteiger partial charge in [0.05, 0.1) is 0 Å². The fourth-order valence-corrected chi connectivity index (χ4v) is 1.70. The molecule has 0 saturated heterocycles. The highest BCUT2D eigenvalue weighted by atomic mass is 16.5. The molecule has 0 N–H and O–H groups in total. The van der Waals surface area contributed by atoms with Gasteiger partial charge in [-0.2, -0.15) is 0 Å². The summed E-state index contributed by atoms with van der Waals surface area (Å²) in [6, 6.07) is 16.3. The monoisotopic (exact) mass is 224 g/mol. The molecule has 0 heterocycles. The summed E-state index contributed by atoms with van der Waals surface area (Å²) in [6.45, 7) is 6.41. The molecule has 0 aliphatic heterocycles. The van der Waals surface area contributed by atoms with Crippen LogP contribution < -0.4 is 4.74 Å². The van der Waals surface area contributed by atoms with Crippen molar-refractivity contribution in [3.05, 3.63) is 71.8 Å². The van der Waals surface area contributed by atoms with E-state index in [0.29, 0.717) is 6.61 Å². The number of hydrogen-bond donors (Lipinski definition) is 0. The molecule has 2 rings (SSSR count). The molecule has 0 bridgehead atoms. The van der Waals surface area contributed by atoms with Crippen LogP contribution in [0.4, 0.5) is 0 Å². The summed E-state index contributed by atoms with van der Waals surface area (Å²) in [5.41, 5.74) is 3.44. The summed E-state index contributed by atoms with van der Waals surface area (Å²) in [5, 5.41) is 0. The van der Waals surface area contributed by atoms with E-state index in [1.54, 1.807) is 0 Å². The average Bonchev–Trinajstić information content (AvgIpc) is 2.38. The van der Waals surface area contributed by atoms with Crippen molar-refractivity contribution in [2.45, 2.75) is 13.5 Å². The lowest BCUT2D eigenvalue weighted by Gasteiger charge is -2.09. The first-order valence-electron chi connectivity index (χ1n) is 5.69. The predicted octanol–water partition coefficient (Wildman–Crippen LogP) is 4.22. The maximum absolute atomic E-state index is 5.79. The maximum atomic E-state index is 5.79. The Balaban J connectivity index is 2.07. The third-order valence-electron chi connectivity index (χ3n) is 2.67. The van der Waals surface area contributed by atoms with Gasteiger partial charge in [0.1, 0.15) is 12.4 Å². The molecule has 1 nitrogen and oxygen atoms in total. The topological polar surface area (TPSA) is 9.23 Å². The van der Waals surface area contributed by atoms with Crippen LogP contribution in [0, 0.1) is 6.92 Å². The van der Waals surface area contributed by atoms with Crippen LogP contribution in [0.1, 0.15) is 16.7 Å². The maximum Gasteiger partial charge on any atom is 0.122 e. The van der Waals surface area contributed by atoms with Crippen LogP contribution >= 0.6 is 0 Å². The van der Waals surface area contributed by atoms with Gasteiger partial charge in [-0.15, -0.1) is 0 Å². The zero-order valence-corrected chi connectivity index (χ0v) is 10.0. The molecular weight excluding hydrogens is 208 g/mol. The van der Waals surface area contributed by atoms with E-state index in [9.17, 15) is 0 Å². The number of hydrogen-bond acceptors (Lipinski definition) is 1. The minimum Gasteiger partial charge on any atom is -0.489 e. The molecular formula is C16H16O. The fourth-order valence-electron chi connectivity index (χ4n) is 1.70. The smallest absolute Gasteiger partial charge is 0.122 e. The minimum atomic E-state index is 0.606. The molecule has 0 fully saturated rings. The lowest BCUT2D eigenvalue weighted by molar-refractivity contribution is 0.304. The molecule has 0 aliphatic rings. The highest BCUT2D eigenvalue weighted by Crippen LogP contribution is 2.20. The van der Waals surface area contributed by atoms with Crippen LogP contribution in [0.2, 0.25) is 0 Å². The molecule has 2 aromatic carbocycles. The summed E-state index contributed by atoms with van der Waals surface area (Å²) in [7, 11) is 0. The Morgan fingerprint density at radius 3 is 2.53 bits per heavy atom. The predicted molar refractivity (Wildman–Crippen MR) is 72.0 cm³/mol. The van der Waals surface area contributed by atoms with Gasteiger partial charge in [0.15, 0.2) is 0 Å². The first-order valence-corrected chi connectivity index (χ1v) is 5.69. The Morgan fingerprint density at radius 2 is 1.88 bits per heavy atom. The van der Waals surface area contributed by atoms with Crippen molar-refractivity contribution in [1.82, 2.24) is 0 Å². The Labute approximate surface area is 102 Å². The molecule has 0 unspecified atom stereocenters. The van der Waals surface area contributed by atoms with Crippen LogP contribution in [0.5, 0.6) is 5.75 Å². The number of benzene rings is 2. The Bertz CT molecular complexity index is 500. The van der Waals surface area contributed by atoms with Crippen LogP contribution in [0.25, 0.3) is 6.08 Å². The summed E-state index contributed by atoms with van der Waals surface area (Å²) < 4.78 is 5.79. The summed E-state index contributed by atoms with van der Waals surface area (Å²) in [4.78, 5) is 0. The second-order valence-corrected chi connectivity index (χ2v) is 4.00. The lowest BCUT2D eigenvalue weighted by Crippen LogP contribution is -1.96. The standard InChI is InChI=1S/C16H16O/c1-3-14-9-10-16(13(2)11-14)17-12-15-7-5-4-6-8-15/h3-11H,1,12H2,2H3. The lowest BCUT2D eigenvalue weighted by atomic mass is 10.1. The van der Waals surface area contributed by atoms with Crippen LogP contribution in [-0.4, -0.2) is 0 Å². The molecule has 0 aromatic heterocycles. The van der Waals surface area contributed by atoms with Gasteiger partial charge in [-0.3, -0.25) is 0 Å². The largest absolute Gasteiger partial charge is 0.489 e. The molecule has 0 spiro atoms. The van der Waals surface area contributed by atoms with Crippen molar-refractivity contribution in [2.24, 2.45) is 0 Å². The van der Waals surface area contributed by atoms with Gasteiger partial charge < -0.3 is 4.74 Å². The summed E-state index contributed by atoms with van der Waals surface area (Å²) in [6.07, 6.45) is 1.84. The second-order valence-electron chi connectivity index (χ2n) is 4.00. The fraction of sp³-hybridized carbons (Fsp3) is 0.125. The highest BCUT2D eigenvalue weighted by Gasteiger charge is 2.00. The van der Waals surface area contributed by atoms with Crippen molar-refractivity contribution >= 4 is 6.08 Å². The summed E-state index contributed by atoms with van der Waals surface area (Å²) in [5.74, 6) is 0.930. The van der Waals surface area contributed by atoms with Gasteiger partial charge in [-0.05, 0) is 35.7 Å². The third kappa shape index (κ3) is 2.97. The normalized spacial score (nSPS) is 9.94. The quantitative estimate of drug-likeness (QED) is 0.755. The number of rotatable bonds is 4. The molecule has 2 aromatic rings. The number of aryl methyl sites for hydroxylation is 1. The average molecular weight is 224 g/mol. The Morgan fingerprint density at radius 1 is 1.12 bits per heavy atom. The number of ether oxygens (including phenoxy) is 1. The van der Waals surface area contributed by atoms with E-state index in [-0.39, 0.29) is 0 Å². The van der Waals surface area contributed by atoms with Crippen molar-refractivity contribution in [1.29, 1.82) is 0 Å². The molecule has 1 heteroatoms. The van der Waals surface area contributed by atoms with Gasteiger partial charge in [-0.1, -0.05) is 49.1 Å². The van der Waals surface area contributed by atoms with Crippen molar-refractivity contribution in [3.8, 4) is 5.75 Å². The molecule has 0 amide bonds. The van der Waals surface area contributed by atoms with E-state index >= 15 is 0 Å². The molecule has 0 aliphatic carbocycles. The van der Waals surface area contributed by atoms with E-state index in [4.69, 9.17) is 4.74 Å². The molecule has 0 radical (unpaired) electrons. The van der Waals surface area contributed by atoms with E-state index in [2.05, 4.69) is 24.8 Å². The Kier molecular flexibility index (Phi) is 3.61. The van der Waals surface area contributed by atoms with Crippen molar-refractivity contribution < 1.29 is 4.74 Å². The zero-order chi connectivity index (χ0) is 12.1. The second kappa shape index (κ2) is 5.35. The van der Waals surface area contributed by atoms with Gasteiger partial charge in [0.2, 0.25) is 0 Å². The van der Waals surface area contributed by atoms with Gasteiger partial charge in [-0.25, -0.2) is 0 Å². The van der Waals surface area contributed by atoms with E-state index in [1.165, 1.54) is 5.56 Å². The van der Waals surface area contributed by atoms with Crippen LogP contribution in [-0.2, 0) is 6.61 Å². The minimum absolute atomic E-state index is 0.606. The van der Waals surface area contributed by atoms with Gasteiger partial charge in [0, 0.05) is 0 Å². The first-order chi connectivity index (χ1) is 8.29. The molecule has 86 valence electrons. The van der Waals surface area contributed by atoms with Crippen LogP contribution in [0.3, 0.4) is 0 Å². The van der Waals surface area contributed by atoms with Crippen LogP contribution in [0.15, 0.2) is 55.1 Å². The van der Waals surface area contributed by atoms with E-state index < -0.39 is 0 Å². The first kappa shape index (κ1) is 11.5. The van der Waals surface area contributed by atoms with Gasteiger partial charge >= 0.3 is 0 Å². The molecule has 0 atom stereocenters. The molecule has 0 saturated carbocycles. The van der Waals surface area contributed by atoms with E-state index in [1.807, 2.05) is 43.3 Å². The third-order valence-corrected chi connectivity index (χ3v) is 2.67. The van der Waals surface area contributed by atoms with Crippen molar-refractivity contribution in [3.63, 3.8) is 0 Å². The highest BCUT2D eigenvalue weighted by molar-refractivity contribution is 5.51. The zero-order valence-electron chi connectivity index (χ0n) is 10.0. The van der Waals surface area contributed by atoms with Gasteiger partial charge in [0.25, 0.3) is 0 Å². The Hall–Kier alpha value is -2.02. The van der Waals surface area contributed by atoms with Crippen molar-refractivity contribution in [2.75, 3.05) is 0 Å².